The molecule has 0 bridgehead atoms. The molecule has 0 aliphatic carbocycles. The van der Waals surface area contributed by atoms with Crippen LogP contribution in [0.25, 0.3) is 22.4 Å². The number of benzene rings is 2. The Labute approximate surface area is 137 Å². The minimum atomic E-state index is -0.497. The Morgan fingerprint density at radius 2 is 2.09 bits per heavy atom. The summed E-state index contributed by atoms with van der Waals surface area (Å²) >= 11 is 5.80. The molecular formula is C17H12ClFN3O. The topological polar surface area (TPSA) is 58.0 Å². The highest BCUT2D eigenvalue weighted by Gasteiger charge is 2.17. The quantitative estimate of drug-likeness (QED) is 0.758. The summed E-state index contributed by atoms with van der Waals surface area (Å²) < 4.78 is 14.3. The normalized spacial score (nSPS) is 10.6. The molecule has 2 aromatic carbocycles. The van der Waals surface area contributed by atoms with Crippen LogP contribution in [0.1, 0.15) is 0 Å². The van der Waals surface area contributed by atoms with E-state index in [2.05, 4.69) is 21.4 Å². The third-order valence-electron chi connectivity index (χ3n) is 3.31. The maximum Gasteiger partial charge on any atom is 0.222 e. The van der Waals surface area contributed by atoms with Crippen molar-refractivity contribution in [3.63, 3.8) is 0 Å². The second kappa shape index (κ2) is 6.22. The number of rotatable bonds is 3. The van der Waals surface area contributed by atoms with Crippen LogP contribution in [0.5, 0.6) is 5.75 Å². The minimum Gasteiger partial charge on any atom is -0.507 e. The number of aromatic nitrogens is 2. The molecule has 0 unspecified atom stereocenters. The van der Waals surface area contributed by atoms with Crippen LogP contribution < -0.4 is 5.32 Å². The standard InChI is InChI=1S/C17H12ClFN3O/c1-20-17-21-8-7-14(22-17)16-12(3-2-4-15(16)23)11-6-5-10(18)9-13(11)19/h2,4-9,23H,1H3,(H,20,21,22). The zero-order chi connectivity index (χ0) is 16.4. The summed E-state index contributed by atoms with van der Waals surface area (Å²) in [6.07, 6.45) is 1.56. The van der Waals surface area contributed by atoms with Gasteiger partial charge in [0.05, 0.1) is 11.3 Å². The molecule has 1 heterocycles. The van der Waals surface area contributed by atoms with Crippen LogP contribution in [-0.2, 0) is 0 Å². The van der Waals surface area contributed by atoms with Gasteiger partial charge in [-0.05, 0) is 36.4 Å². The van der Waals surface area contributed by atoms with Crippen LogP contribution in [0.2, 0.25) is 5.02 Å². The van der Waals surface area contributed by atoms with Crippen LogP contribution >= 0.6 is 11.6 Å². The number of nitrogens with one attached hydrogen (secondary N) is 1. The lowest BCUT2D eigenvalue weighted by Crippen LogP contribution is -1.98. The molecule has 115 valence electrons. The predicted octanol–water partition coefficient (Wildman–Crippen LogP) is 4.15. The van der Waals surface area contributed by atoms with Gasteiger partial charge in [0.2, 0.25) is 5.95 Å². The van der Waals surface area contributed by atoms with Gasteiger partial charge in [0.15, 0.2) is 0 Å². The fourth-order valence-corrected chi connectivity index (χ4v) is 2.43. The van der Waals surface area contributed by atoms with Gasteiger partial charge in [0.25, 0.3) is 0 Å². The van der Waals surface area contributed by atoms with E-state index in [-0.39, 0.29) is 11.3 Å². The Balaban J connectivity index is 2.25. The number of halogens is 2. The molecule has 0 saturated carbocycles. The molecule has 0 saturated heterocycles. The number of phenols is 1. The van der Waals surface area contributed by atoms with Gasteiger partial charge in [-0.3, -0.25) is 0 Å². The summed E-state index contributed by atoms with van der Waals surface area (Å²) in [6, 6.07) is 12.0. The van der Waals surface area contributed by atoms with Crippen molar-refractivity contribution in [3.8, 4) is 28.1 Å². The summed E-state index contributed by atoms with van der Waals surface area (Å²) in [5.74, 6) is -0.120. The number of hydrogen-bond donors (Lipinski definition) is 2. The average molecular weight is 329 g/mol. The van der Waals surface area contributed by atoms with E-state index in [9.17, 15) is 9.50 Å². The van der Waals surface area contributed by atoms with E-state index < -0.39 is 5.82 Å². The Bertz CT molecular complexity index is 870. The first-order valence-corrected chi connectivity index (χ1v) is 7.18. The monoisotopic (exact) mass is 328 g/mol. The Morgan fingerprint density at radius 1 is 1.26 bits per heavy atom. The highest BCUT2D eigenvalue weighted by Crippen LogP contribution is 2.38. The predicted molar refractivity (Wildman–Crippen MR) is 87.9 cm³/mol. The lowest BCUT2D eigenvalue weighted by atomic mass is 9.96. The smallest absolute Gasteiger partial charge is 0.222 e. The van der Waals surface area contributed by atoms with Crippen LogP contribution in [0.15, 0.2) is 42.6 Å². The van der Waals surface area contributed by atoms with Gasteiger partial charge in [-0.2, -0.15) is 0 Å². The third-order valence-corrected chi connectivity index (χ3v) is 3.55. The number of anilines is 1. The first-order chi connectivity index (χ1) is 11.1. The first kappa shape index (κ1) is 15.2. The van der Waals surface area contributed by atoms with Gasteiger partial charge in [-0.1, -0.05) is 17.7 Å². The molecule has 1 radical (unpaired) electrons. The molecule has 0 spiro atoms. The van der Waals surface area contributed by atoms with Crippen LogP contribution in [0.3, 0.4) is 0 Å². The second-order valence-corrected chi connectivity index (χ2v) is 5.19. The van der Waals surface area contributed by atoms with Crippen molar-refractivity contribution < 1.29 is 9.50 Å². The molecule has 0 aliphatic heterocycles. The van der Waals surface area contributed by atoms with E-state index in [1.54, 1.807) is 31.4 Å². The van der Waals surface area contributed by atoms with Crippen molar-refractivity contribution in [2.24, 2.45) is 0 Å². The van der Waals surface area contributed by atoms with Crippen molar-refractivity contribution in [2.45, 2.75) is 0 Å². The van der Waals surface area contributed by atoms with Crippen LogP contribution in [-0.4, -0.2) is 22.1 Å². The van der Waals surface area contributed by atoms with E-state index in [4.69, 9.17) is 11.6 Å². The summed E-state index contributed by atoms with van der Waals surface area (Å²) in [4.78, 5) is 8.34. The first-order valence-electron chi connectivity index (χ1n) is 6.80. The van der Waals surface area contributed by atoms with E-state index >= 15 is 0 Å². The largest absolute Gasteiger partial charge is 0.507 e. The molecule has 0 atom stereocenters. The number of aromatic hydroxyl groups is 1. The molecular weight excluding hydrogens is 317 g/mol. The van der Waals surface area contributed by atoms with Gasteiger partial charge < -0.3 is 10.4 Å². The van der Waals surface area contributed by atoms with Gasteiger partial charge in [-0.25, -0.2) is 14.4 Å². The van der Waals surface area contributed by atoms with E-state index in [1.807, 2.05) is 0 Å². The number of phenolic OH excluding ortho intramolecular Hbond substituents is 1. The van der Waals surface area contributed by atoms with Crippen LogP contribution in [0, 0.1) is 11.9 Å². The lowest BCUT2D eigenvalue weighted by molar-refractivity contribution is 0.477. The van der Waals surface area contributed by atoms with E-state index in [0.29, 0.717) is 27.8 Å². The molecule has 4 nitrogen and oxygen atoms in total. The van der Waals surface area contributed by atoms with Crippen molar-refractivity contribution >= 4 is 17.5 Å². The van der Waals surface area contributed by atoms with Crippen molar-refractivity contribution in [1.82, 2.24) is 9.97 Å². The van der Waals surface area contributed by atoms with Gasteiger partial charge in [0.1, 0.15) is 11.6 Å². The third kappa shape index (κ3) is 2.96. The minimum absolute atomic E-state index is 0.0196. The second-order valence-electron chi connectivity index (χ2n) is 4.75. The molecule has 0 amide bonds. The van der Waals surface area contributed by atoms with Gasteiger partial charge in [0, 0.05) is 29.4 Å². The van der Waals surface area contributed by atoms with Crippen molar-refractivity contribution in [1.29, 1.82) is 0 Å². The van der Waals surface area contributed by atoms with E-state index in [0.717, 1.165) is 0 Å². The summed E-state index contributed by atoms with van der Waals surface area (Å²) in [6.45, 7) is 0. The molecule has 3 aromatic rings. The van der Waals surface area contributed by atoms with Crippen LogP contribution in [0.4, 0.5) is 10.3 Å². The van der Waals surface area contributed by atoms with Crippen molar-refractivity contribution in [2.75, 3.05) is 12.4 Å². The molecule has 1 aromatic heterocycles. The Hall–Kier alpha value is -2.66. The Kier molecular flexibility index (Phi) is 4.12. The van der Waals surface area contributed by atoms with Crippen molar-refractivity contribution in [3.05, 3.63) is 59.5 Å². The molecule has 6 heteroatoms. The van der Waals surface area contributed by atoms with E-state index in [1.165, 1.54) is 18.2 Å². The van der Waals surface area contributed by atoms with Gasteiger partial charge in [-0.15, -0.1) is 0 Å². The highest BCUT2D eigenvalue weighted by molar-refractivity contribution is 6.30. The molecule has 23 heavy (non-hydrogen) atoms. The average Bonchev–Trinajstić information content (AvgIpc) is 2.55. The summed E-state index contributed by atoms with van der Waals surface area (Å²) in [5, 5.41) is 13.4. The summed E-state index contributed by atoms with van der Waals surface area (Å²) in [7, 11) is 1.69. The SMILES string of the molecule is CNc1nccc(-c2c(-c3ccc(Cl)cc3F)[c]ccc2O)n1. The zero-order valence-corrected chi connectivity index (χ0v) is 12.9. The fourth-order valence-electron chi connectivity index (χ4n) is 2.27. The molecule has 0 aliphatic rings. The lowest BCUT2D eigenvalue weighted by Gasteiger charge is -2.12. The zero-order valence-electron chi connectivity index (χ0n) is 12.1. The highest BCUT2D eigenvalue weighted by atomic mass is 35.5. The molecule has 3 rings (SSSR count). The maximum atomic E-state index is 14.3. The molecule has 0 fully saturated rings. The molecule has 2 N–H and O–H groups in total. The Morgan fingerprint density at radius 3 is 2.83 bits per heavy atom. The summed E-state index contributed by atoms with van der Waals surface area (Å²) in [5.41, 5.74) is 1.53. The van der Waals surface area contributed by atoms with Gasteiger partial charge >= 0.3 is 0 Å². The fraction of sp³-hybridized carbons (Fsp3) is 0.0588. The maximum absolute atomic E-state index is 14.3. The number of hydrogen-bond acceptors (Lipinski definition) is 4. The number of nitrogens with zero attached hydrogens (tertiary/aromatic N) is 2.